The van der Waals surface area contributed by atoms with E-state index in [4.69, 9.17) is 13.9 Å². The van der Waals surface area contributed by atoms with E-state index in [9.17, 15) is 9.59 Å². The highest BCUT2D eigenvalue weighted by molar-refractivity contribution is 5.94. The van der Waals surface area contributed by atoms with Crippen LogP contribution in [-0.4, -0.2) is 18.4 Å². The Balaban J connectivity index is 1.29. The van der Waals surface area contributed by atoms with Crippen molar-refractivity contribution in [1.82, 2.24) is 10.9 Å². The summed E-state index contributed by atoms with van der Waals surface area (Å²) >= 11 is 0. The molecule has 7 nitrogen and oxygen atoms in total. The number of hydrazine groups is 1. The van der Waals surface area contributed by atoms with Crippen LogP contribution in [0.4, 0.5) is 0 Å². The number of rotatable bonds is 8. The van der Waals surface area contributed by atoms with Crippen LogP contribution in [0.2, 0.25) is 0 Å². The van der Waals surface area contributed by atoms with Crippen molar-refractivity contribution in [2.24, 2.45) is 0 Å². The van der Waals surface area contributed by atoms with Crippen molar-refractivity contribution < 1.29 is 23.5 Å². The SMILES string of the molecule is O=C(COc1ccccc1-c1ccccc1)NNC(=O)c1occc1COc1ccccc1. The minimum absolute atomic E-state index is 0.0570. The molecule has 1 heterocycles. The molecule has 0 radical (unpaired) electrons. The average Bonchev–Trinajstić information content (AvgIpc) is 3.35. The summed E-state index contributed by atoms with van der Waals surface area (Å²) in [5.41, 5.74) is 7.08. The topological polar surface area (TPSA) is 89.8 Å². The van der Waals surface area contributed by atoms with Gasteiger partial charge in [-0.05, 0) is 29.8 Å². The molecule has 3 aromatic carbocycles. The maximum absolute atomic E-state index is 12.4. The van der Waals surface area contributed by atoms with Crippen molar-refractivity contribution in [2.75, 3.05) is 6.61 Å². The molecule has 1 aromatic heterocycles. The van der Waals surface area contributed by atoms with Crippen LogP contribution in [0.1, 0.15) is 16.1 Å². The smallest absolute Gasteiger partial charge is 0.305 e. The van der Waals surface area contributed by atoms with Gasteiger partial charge in [0, 0.05) is 11.1 Å². The van der Waals surface area contributed by atoms with E-state index < -0.39 is 11.8 Å². The minimum Gasteiger partial charge on any atom is -0.489 e. The van der Waals surface area contributed by atoms with Crippen molar-refractivity contribution in [2.45, 2.75) is 6.61 Å². The lowest BCUT2D eigenvalue weighted by Crippen LogP contribution is -2.44. The largest absolute Gasteiger partial charge is 0.489 e. The molecular weight excluding hydrogens is 420 g/mol. The van der Waals surface area contributed by atoms with E-state index in [2.05, 4.69) is 10.9 Å². The zero-order chi connectivity index (χ0) is 22.9. The lowest BCUT2D eigenvalue weighted by atomic mass is 10.1. The normalized spacial score (nSPS) is 10.3. The van der Waals surface area contributed by atoms with E-state index >= 15 is 0 Å². The second-order valence-corrected chi connectivity index (χ2v) is 7.03. The zero-order valence-corrected chi connectivity index (χ0v) is 17.7. The number of para-hydroxylation sites is 2. The van der Waals surface area contributed by atoms with Gasteiger partial charge in [0.05, 0.1) is 6.26 Å². The van der Waals surface area contributed by atoms with Crippen molar-refractivity contribution in [3.05, 3.63) is 109 Å². The predicted octanol–water partition coefficient (Wildman–Crippen LogP) is 4.37. The number of benzene rings is 3. The molecule has 4 rings (SSSR count). The molecular formula is C26H22N2O5. The van der Waals surface area contributed by atoms with E-state index in [1.807, 2.05) is 78.9 Å². The molecule has 2 N–H and O–H groups in total. The Morgan fingerprint density at radius 2 is 1.45 bits per heavy atom. The Labute approximate surface area is 190 Å². The molecule has 0 bridgehead atoms. The Bertz CT molecular complexity index is 1210. The molecule has 0 spiro atoms. The van der Waals surface area contributed by atoms with Crippen LogP contribution in [0.25, 0.3) is 11.1 Å². The van der Waals surface area contributed by atoms with Crippen LogP contribution in [0, 0.1) is 0 Å². The van der Waals surface area contributed by atoms with Crippen LogP contribution in [-0.2, 0) is 11.4 Å². The number of hydrogen-bond acceptors (Lipinski definition) is 5. The standard InChI is InChI=1S/C26H22N2O5/c29-24(18-33-23-14-8-7-13-22(23)19-9-3-1-4-10-19)27-28-26(30)25-20(15-16-31-25)17-32-21-11-5-2-6-12-21/h1-16H,17-18H2,(H,27,29)(H,28,30). The average molecular weight is 442 g/mol. The first kappa shape index (κ1) is 21.7. The van der Waals surface area contributed by atoms with Gasteiger partial charge in [0.1, 0.15) is 18.1 Å². The number of furan rings is 1. The molecule has 0 atom stereocenters. The Kier molecular flexibility index (Phi) is 7.02. The molecule has 0 fully saturated rings. The van der Waals surface area contributed by atoms with Gasteiger partial charge in [-0.3, -0.25) is 20.4 Å². The van der Waals surface area contributed by atoms with Crippen LogP contribution in [0.15, 0.2) is 102 Å². The number of amides is 2. The maximum Gasteiger partial charge on any atom is 0.305 e. The van der Waals surface area contributed by atoms with Gasteiger partial charge in [-0.1, -0.05) is 66.7 Å². The van der Waals surface area contributed by atoms with E-state index in [0.29, 0.717) is 17.1 Å². The summed E-state index contributed by atoms with van der Waals surface area (Å²) in [5, 5.41) is 0. The fraction of sp³-hybridized carbons (Fsp3) is 0.0769. The fourth-order valence-corrected chi connectivity index (χ4v) is 3.14. The predicted molar refractivity (Wildman–Crippen MR) is 122 cm³/mol. The van der Waals surface area contributed by atoms with Crippen LogP contribution in [0.5, 0.6) is 11.5 Å². The highest BCUT2D eigenvalue weighted by atomic mass is 16.5. The summed E-state index contributed by atoms with van der Waals surface area (Å²) in [6.07, 6.45) is 1.39. The fourth-order valence-electron chi connectivity index (χ4n) is 3.14. The number of ether oxygens (including phenoxy) is 2. The maximum atomic E-state index is 12.4. The Morgan fingerprint density at radius 3 is 2.24 bits per heavy atom. The molecule has 33 heavy (non-hydrogen) atoms. The Morgan fingerprint density at radius 1 is 0.758 bits per heavy atom. The van der Waals surface area contributed by atoms with E-state index in [1.165, 1.54) is 6.26 Å². The quantitative estimate of drug-likeness (QED) is 0.396. The lowest BCUT2D eigenvalue weighted by Gasteiger charge is -2.12. The van der Waals surface area contributed by atoms with Crippen LogP contribution in [0.3, 0.4) is 0 Å². The van der Waals surface area contributed by atoms with Gasteiger partial charge in [-0.15, -0.1) is 0 Å². The monoisotopic (exact) mass is 442 g/mol. The van der Waals surface area contributed by atoms with Gasteiger partial charge in [0.25, 0.3) is 5.91 Å². The van der Waals surface area contributed by atoms with Crippen LogP contribution >= 0.6 is 0 Å². The van der Waals surface area contributed by atoms with Crippen molar-refractivity contribution >= 4 is 11.8 Å². The summed E-state index contributed by atoms with van der Waals surface area (Å²) in [6, 6.07) is 28.0. The third kappa shape index (κ3) is 5.80. The second-order valence-electron chi connectivity index (χ2n) is 7.03. The molecule has 7 heteroatoms. The molecule has 166 valence electrons. The number of carbonyl (C=O) groups excluding carboxylic acids is 2. The lowest BCUT2D eigenvalue weighted by molar-refractivity contribution is -0.123. The molecule has 0 saturated heterocycles. The summed E-state index contributed by atoms with van der Waals surface area (Å²) < 4.78 is 16.6. The van der Waals surface area contributed by atoms with Gasteiger partial charge in [-0.25, -0.2) is 0 Å². The molecule has 0 aliphatic rings. The summed E-state index contributed by atoms with van der Waals surface area (Å²) in [4.78, 5) is 24.7. The summed E-state index contributed by atoms with van der Waals surface area (Å²) in [7, 11) is 0. The number of hydrogen-bond donors (Lipinski definition) is 2. The van der Waals surface area contributed by atoms with Gasteiger partial charge in [0.15, 0.2) is 12.4 Å². The first-order valence-electron chi connectivity index (χ1n) is 10.3. The third-order valence-electron chi connectivity index (χ3n) is 4.74. The molecule has 0 aliphatic heterocycles. The number of carbonyl (C=O) groups is 2. The van der Waals surface area contributed by atoms with Crippen molar-refractivity contribution in [3.8, 4) is 22.6 Å². The molecule has 4 aromatic rings. The second kappa shape index (κ2) is 10.7. The van der Waals surface area contributed by atoms with Gasteiger partial charge in [0.2, 0.25) is 0 Å². The minimum atomic E-state index is -0.593. The van der Waals surface area contributed by atoms with Crippen LogP contribution < -0.4 is 20.3 Å². The van der Waals surface area contributed by atoms with Gasteiger partial charge in [-0.2, -0.15) is 0 Å². The first-order chi connectivity index (χ1) is 16.2. The van der Waals surface area contributed by atoms with Gasteiger partial charge >= 0.3 is 5.91 Å². The zero-order valence-electron chi connectivity index (χ0n) is 17.7. The third-order valence-corrected chi connectivity index (χ3v) is 4.74. The summed E-state index contributed by atoms with van der Waals surface area (Å²) in [5.74, 6) is 0.189. The molecule has 0 aliphatic carbocycles. The van der Waals surface area contributed by atoms with E-state index in [1.54, 1.807) is 12.1 Å². The molecule has 2 amide bonds. The summed E-state index contributed by atoms with van der Waals surface area (Å²) in [6.45, 7) is -0.122. The van der Waals surface area contributed by atoms with Crippen molar-refractivity contribution in [3.63, 3.8) is 0 Å². The van der Waals surface area contributed by atoms with Gasteiger partial charge < -0.3 is 13.9 Å². The number of nitrogens with one attached hydrogen (secondary N) is 2. The van der Waals surface area contributed by atoms with E-state index in [0.717, 1.165) is 11.1 Å². The van der Waals surface area contributed by atoms with Crippen molar-refractivity contribution in [1.29, 1.82) is 0 Å². The highest BCUT2D eigenvalue weighted by Crippen LogP contribution is 2.29. The molecule has 0 saturated carbocycles. The Hall–Kier alpha value is -4.52. The highest BCUT2D eigenvalue weighted by Gasteiger charge is 2.17. The van der Waals surface area contributed by atoms with E-state index in [-0.39, 0.29) is 19.0 Å². The molecule has 0 unspecified atom stereocenters. The first-order valence-corrected chi connectivity index (χ1v) is 10.3.